The van der Waals surface area contributed by atoms with Crippen LogP contribution in [-0.4, -0.2) is 22.5 Å². The zero-order valence-electron chi connectivity index (χ0n) is 12.5. The maximum Gasteiger partial charge on any atom is 0.142 e. The maximum atomic E-state index is 10.1. The Morgan fingerprint density at radius 3 is 2.43 bits per heavy atom. The van der Waals surface area contributed by atoms with Crippen molar-refractivity contribution in [2.75, 3.05) is 7.11 Å². The van der Waals surface area contributed by atoms with Crippen molar-refractivity contribution >= 4 is 15.9 Å². The van der Waals surface area contributed by atoms with E-state index in [1.165, 1.54) is 6.07 Å². The molecule has 0 unspecified atom stereocenters. The van der Waals surface area contributed by atoms with E-state index in [1.807, 2.05) is 31.2 Å². The summed E-state index contributed by atoms with van der Waals surface area (Å²) in [6, 6.07) is 10.4. The molecule has 0 saturated heterocycles. The molecule has 3 rings (SSSR count). The van der Waals surface area contributed by atoms with Crippen LogP contribution in [0.25, 0.3) is 22.4 Å². The fourth-order valence-electron chi connectivity index (χ4n) is 2.39. The molecular formula is C17H14BrNO4. The summed E-state index contributed by atoms with van der Waals surface area (Å²) in [6.45, 7) is 1.81. The van der Waals surface area contributed by atoms with Crippen molar-refractivity contribution < 1.29 is 19.5 Å². The van der Waals surface area contributed by atoms with Gasteiger partial charge in [-0.05, 0) is 46.6 Å². The topological polar surface area (TPSA) is 75.7 Å². The van der Waals surface area contributed by atoms with E-state index in [1.54, 1.807) is 13.2 Å². The van der Waals surface area contributed by atoms with Crippen LogP contribution in [0.15, 0.2) is 45.4 Å². The molecule has 0 aliphatic heterocycles. The molecule has 0 aliphatic rings. The number of hydrogen-bond acceptors (Lipinski definition) is 5. The van der Waals surface area contributed by atoms with Crippen LogP contribution in [0.5, 0.6) is 17.2 Å². The van der Waals surface area contributed by atoms with E-state index in [4.69, 9.17) is 9.26 Å². The molecule has 5 nitrogen and oxygen atoms in total. The van der Waals surface area contributed by atoms with E-state index in [2.05, 4.69) is 21.1 Å². The number of aryl methyl sites for hydroxylation is 1. The lowest BCUT2D eigenvalue weighted by atomic mass is 9.99. The second kappa shape index (κ2) is 5.96. The van der Waals surface area contributed by atoms with Crippen LogP contribution in [0.2, 0.25) is 0 Å². The predicted molar refractivity (Wildman–Crippen MR) is 89.7 cm³/mol. The molecule has 0 saturated carbocycles. The van der Waals surface area contributed by atoms with Gasteiger partial charge >= 0.3 is 0 Å². The number of nitrogens with zero attached hydrogens (tertiary/aromatic N) is 1. The van der Waals surface area contributed by atoms with Crippen molar-refractivity contribution in [2.45, 2.75) is 6.92 Å². The Bertz CT molecular complexity index is 856. The second-order valence-electron chi connectivity index (χ2n) is 5.01. The molecule has 1 aromatic heterocycles. The Hall–Kier alpha value is -2.47. The first-order valence-electron chi connectivity index (χ1n) is 6.83. The Morgan fingerprint density at radius 1 is 1.09 bits per heavy atom. The molecular weight excluding hydrogens is 362 g/mol. The molecule has 0 atom stereocenters. The molecule has 118 valence electrons. The first-order chi connectivity index (χ1) is 11.0. The number of phenolic OH excluding ortho intramolecular Hbond substituents is 2. The van der Waals surface area contributed by atoms with Crippen molar-refractivity contribution in [2.24, 2.45) is 0 Å². The van der Waals surface area contributed by atoms with Gasteiger partial charge in [0.25, 0.3) is 0 Å². The lowest BCUT2D eigenvalue weighted by Crippen LogP contribution is -1.87. The number of ether oxygens (including phenoxy) is 1. The van der Waals surface area contributed by atoms with Crippen molar-refractivity contribution in [3.8, 4) is 39.6 Å². The summed E-state index contributed by atoms with van der Waals surface area (Å²) in [5, 5.41) is 23.9. The molecule has 0 bridgehead atoms. The van der Waals surface area contributed by atoms with Crippen molar-refractivity contribution in [1.29, 1.82) is 0 Å². The number of rotatable bonds is 3. The molecule has 3 aromatic rings. The fourth-order valence-corrected chi connectivity index (χ4v) is 2.74. The predicted octanol–water partition coefficient (Wildman–Crippen LogP) is 4.50. The van der Waals surface area contributed by atoms with Gasteiger partial charge in [0.15, 0.2) is 0 Å². The molecule has 0 aliphatic carbocycles. The SMILES string of the molecule is COc1ccc(-c2c(-c3cc(Br)c(O)cc3O)noc2C)cc1. The van der Waals surface area contributed by atoms with Crippen LogP contribution < -0.4 is 4.74 Å². The first kappa shape index (κ1) is 15.4. The molecule has 2 N–H and O–H groups in total. The number of aromatic nitrogens is 1. The highest BCUT2D eigenvalue weighted by Crippen LogP contribution is 2.42. The lowest BCUT2D eigenvalue weighted by Gasteiger charge is -2.08. The van der Waals surface area contributed by atoms with Crippen LogP contribution in [0.1, 0.15) is 5.76 Å². The van der Waals surface area contributed by atoms with E-state index in [-0.39, 0.29) is 11.5 Å². The van der Waals surface area contributed by atoms with E-state index in [0.717, 1.165) is 16.9 Å². The van der Waals surface area contributed by atoms with E-state index in [9.17, 15) is 10.2 Å². The Morgan fingerprint density at radius 2 is 1.78 bits per heavy atom. The fraction of sp³-hybridized carbons (Fsp3) is 0.118. The summed E-state index contributed by atoms with van der Waals surface area (Å²) in [4.78, 5) is 0. The number of aromatic hydroxyl groups is 2. The van der Waals surface area contributed by atoms with Gasteiger partial charge in [0.05, 0.1) is 17.1 Å². The van der Waals surface area contributed by atoms with Gasteiger partial charge in [-0.1, -0.05) is 17.3 Å². The van der Waals surface area contributed by atoms with Crippen LogP contribution in [0, 0.1) is 6.92 Å². The van der Waals surface area contributed by atoms with Gasteiger partial charge in [0.2, 0.25) is 0 Å². The molecule has 0 radical (unpaired) electrons. The zero-order valence-corrected chi connectivity index (χ0v) is 14.1. The average Bonchev–Trinajstić information content (AvgIpc) is 2.92. The zero-order chi connectivity index (χ0) is 16.6. The minimum Gasteiger partial charge on any atom is -0.507 e. The third-order valence-corrected chi connectivity index (χ3v) is 4.20. The highest BCUT2D eigenvalue weighted by Gasteiger charge is 2.20. The normalized spacial score (nSPS) is 10.7. The maximum absolute atomic E-state index is 10.1. The first-order valence-corrected chi connectivity index (χ1v) is 7.63. The van der Waals surface area contributed by atoms with Crippen molar-refractivity contribution in [1.82, 2.24) is 5.16 Å². The summed E-state index contributed by atoms with van der Waals surface area (Å²) in [5.74, 6) is 1.26. The monoisotopic (exact) mass is 375 g/mol. The van der Waals surface area contributed by atoms with Gasteiger partial charge in [-0.3, -0.25) is 0 Å². The molecule has 0 amide bonds. The third kappa shape index (κ3) is 2.77. The van der Waals surface area contributed by atoms with E-state index >= 15 is 0 Å². The summed E-state index contributed by atoms with van der Waals surface area (Å²) in [7, 11) is 1.61. The Kier molecular flexibility index (Phi) is 4.00. The van der Waals surface area contributed by atoms with Crippen LogP contribution in [0.3, 0.4) is 0 Å². The molecule has 6 heteroatoms. The Balaban J connectivity index is 2.17. The summed E-state index contributed by atoms with van der Waals surface area (Å²) in [6.07, 6.45) is 0. The number of phenols is 2. The minimum absolute atomic E-state index is 0.0440. The highest BCUT2D eigenvalue weighted by atomic mass is 79.9. The molecule has 23 heavy (non-hydrogen) atoms. The summed E-state index contributed by atoms with van der Waals surface area (Å²) < 4.78 is 10.9. The number of halogens is 1. The van der Waals surface area contributed by atoms with Crippen LogP contribution in [-0.2, 0) is 0 Å². The van der Waals surface area contributed by atoms with Crippen LogP contribution >= 0.6 is 15.9 Å². The smallest absolute Gasteiger partial charge is 0.142 e. The molecule has 0 spiro atoms. The highest BCUT2D eigenvalue weighted by molar-refractivity contribution is 9.10. The second-order valence-corrected chi connectivity index (χ2v) is 5.87. The minimum atomic E-state index is -0.0752. The standard InChI is InChI=1S/C17H14BrNO4/c1-9-16(10-3-5-11(22-2)6-4-10)17(19-23-9)12-7-13(18)15(21)8-14(12)20/h3-8,20-21H,1-2H3. The number of methoxy groups -OCH3 is 1. The van der Waals surface area contributed by atoms with E-state index in [0.29, 0.717) is 21.5 Å². The van der Waals surface area contributed by atoms with Gasteiger partial charge in [0.1, 0.15) is 28.7 Å². The molecule has 1 heterocycles. The van der Waals surface area contributed by atoms with Gasteiger partial charge in [0, 0.05) is 11.6 Å². The quantitative estimate of drug-likeness (QED) is 0.704. The van der Waals surface area contributed by atoms with Gasteiger partial charge in [-0.25, -0.2) is 0 Å². The molecule has 0 fully saturated rings. The lowest BCUT2D eigenvalue weighted by molar-refractivity contribution is 0.399. The van der Waals surface area contributed by atoms with Gasteiger partial charge in [-0.15, -0.1) is 0 Å². The summed E-state index contributed by atoms with van der Waals surface area (Å²) in [5.41, 5.74) is 2.65. The third-order valence-electron chi connectivity index (χ3n) is 3.56. The number of hydrogen-bond donors (Lipinski definition) is 2. The summed E-state index contributed by atoms with van der Waals surface area (Å²) >= 11 is 3.25. The van der Waals surface area contributed by atoms with Gasteiger partial charge in [-0.2, -0.15) is 0 Å². The average molecular weight is 376 g/mol. The Labute approximate surface area is 141 Å². The van der Waals surface area contributed by atoms with Crippen molar-refractivity contribution in [3.63, 3.8) is 0 Å². The molecule has 2 aromatic carbocycles. The number of benzene rings is 2. The largest absolute Gasteiger partial charge is 0.507 e. The van der Waals surface area contributed by atoms with E-state index < -0.39 is 0 Å². The van der Waals surface area contributed by atoms with Gasteiger partial charge < -0.3 is 19.5 Å². The van der Waals surface area contributed by atoms with Crippen molar-refractivity contribution in [3.05, 3.63) is 46.6 Å². The van der Waals surface area contributed by atoms with Crippen LogP contribution in [0.4, 0.5) is 0 Å².